The molecule has 1 rings (SSSR count). The number of carbonyl (C=O) groups is 2. The molecule has 0 aliphatic heterocycles. The molecule has 1 saturated carbocycles. The van der Waals surface area contributed by atoms with Crippen LogP contribution in [0.3, 0.4) is 0 Å². The van der Waals surface area contributed by atoms with Crippen LogP contribution in [0.2, 0.25) is 0 Å². The topological polar surface area (TPSA) is 66.4 Å². The zero-order chi connectivity index (χ0) is 12.3. The van der Waals surface area contributed by atoms with Crippen LogP contribution in [0.4, 0.5) is 0 Å². The number of rotatable bonds is 3. The van der Waals surface area contributed by atoms with Crippen molar-refractivity contribution in [2.24, 2.45) is 11.3 Å². The SMILES string of the molecule is CC(C)(C)CC(=O)NC1CCC(C(=O)O)C1. The van der Waals surface area contributed by atoms with E-state index in [1.54, 1.807) is 0 Å². The molecule has 4 heteroatoms. The first kappa shape index (κ1) is 13.0. The van der Waals surface area contributed by atoms with Gasteiger partial charge in [0.15, 0.2) is 0 Å². The van der Waals surface area contributed by atoms with Crippen LogP contribution in [-0.4, -0.2) is 23.0 Å². The second-order valence-electron chi connectivity index (χ2n) is 5.85. The molecule has 2 atom stereocenters. The van der Waals surface area contributed by atoms with E-state index in [1.807, 2.05) is 20.8 Å². The molecule has 92 valence electrons. The number of hydrogen-bond acceptors (Lipinski definition) is 2. The van der Waals surface area contributed by atoms with E-state index in [-0.39, 0.29) is 23.3 Å². The third-order valence-corrected chi connectivity index (χ3v) is 2.84. The summed E-state index contributed by atoms with van der Waals surface area (Å²) < 4.78 is 0. The fraction of sp³-hybridized carbons (Fsp3) is 0.833. The van der Waals surface area contributed by atoms with Gasteiger partial charge in [-0.3, -0.25) is 9.59 Å². The molecule has 1 amide bonds. The molecule has 2 N–H and O–H groups in total. The van der Waals surface area contributed by atoms with Gasteiger partial charge in [-0.2, -0.15) is 0 Å². The molecule has 0 aromatic rings. The smallest absolute Gasteiger partial charge is 0.306 e. The van der Waals surface area contributed by atoms with Gasteiger partial charge in [0, 0.05) is 12.5 Å². The summed E-state index contributed by atoms with van der Waals surface area (Å²) in [6.45, 7) is 6.05. The second kappa shape index (κ2) is 4.85. The molecular formula is C12H21NO3. The van der Waals surface area contributed by atoms with E-state index in [1.165, 1.54) is 0 Å². The fourth-order valence-electron chi connectivity index (χ4n) is 2.10. The molecule has 16 heavy (non-hydrogen) atoms. The fourth-order valence-corrected chi connectivity index (χ4v) is 2.10. The average Bonchev–Trinajstić information content (AvgIpc) is 2.48. The Balaban J connectivity index is 2.34. The van der Waals surface area contributed by atoms with Crippen molar-refractivity contribution in [3.63, 3.8) is 0 Å². The molecule has 4 nitrogen and oxygen atoms in total. The Kier molecular flexibility index (Phi) is 3.94. The van der Waals surface area contributed by atoms with Crippen molar-refractivity contribution < 1.29 is 14.7 Å². The van der Waals surface area contributed by atoms with Crippen LogP contribution in [-0.2, 0) is 9.59 Å². The Morgan fingerprint density at radius 2 is 1.94 bits per heavy atom. The highest BCUT2D eigenvalue weighted by Crippen LogP contribution is 2.26. The lowest BCUT2D eigenvalue weighted by molar-refractivity contribution is -0.141. The lowest BCUT2D eigenvalue weighted by atomic mass is 9.92. The maximum atomic E-state index is 11.6. The van der Waals surface area contributed by atoms with E-state index in [0.29, 0.717) is 19.3 Å². The van der Waals surface area contributed by atoms with Gasteiger partial charge in [0.25, 0.3) is 0 Å². The number of carboxylic acid groups (broad SMARTS) is 1. The third kappa shape index (κ3) is 4.21. The Morgan fingerprint density at radius 3 is 2.38 bits per heavy atom. The van der Waals surface area contributed by atoms with Crippen molar-refractivity contribution in [3.05, 3.63) is 0 Å². The van der Waals surface area contributed by atoms with Crippen LogP contribution in [0.5, 0.6) is 0 Å². The summed E-state index contributed by atoms with van der Waals surface area (Å²) in [7, 11) is 0. The maximum Gasteiger partial charge on any atom is 0.306 e. The van der Waals surface area contributed by atoms with Gasteiger partial charge in [0.2, 0.25) is 5.91 Å². The van der Waals surface area contributed by atoms with Gasteiger partial charge in [0.1, 0.15) is 0 Å². The first-order valence-corrected chi connectivity index (χ1v) is 5.80. The highest BCUT2D eigenvalue weighted by Gasteiger charge is 2.30. The predicted molar refractivity (Wildman–Crippen MR) is 61.0 cm³/mol. The van der Waals surface area contributed by atoms with Crippen LogP contribution in [0.15, 0.2) is 0 Å². The number of carboxylic acids is 1. The highest BCUT2D eigenvalue weighted by atomic mass is 16.4. The molecule has 0 spiro atoms. The van der Waals surface area contributed by atoms with E-state index in [0.717, 1.165) is 6.42 Å². The number of hydrogen-bond donors (Lipinski definition) is 2. The largest absolute Gasteiger partial charge is 0.481 e. The van der Waals surface area contributed by atoms with Gasteiger partial charge in [-0.1, -0.05) is 20.8 Å². The quantitative estimate of drug-likeness (QED) is 0.772. The Labute approximate surface area is 96.4 Å². The summed E-state index contributed by atoms with van der Waals surface area (Å²) in [4.78, 5) is 22.4. The van der Waals surface area contributed by atoms with Gasteiger partial charge < -0.3 is 10.4 Å². The molecular weight excluding hydrogens is 206 g/mol. The minimum Gasteiger partial charge on any atom is -0.481 e. The lowest BCUT2D eigenvalue weighted by Gasteiger charge is -2.19. The summed E-state index contributed by atoms with van der Waals surface area (Å²) in [6.07, 6.45) is 2.52. The van der Waals surface area contributed by atoms with Crippen molar-refractivity contribution in [1.29, 1.82) is 0 Å². The number of aliphatic carboxylic acids is 1. The van der Waals surface area contributed by atoms with Gasteiger partial charge in [-0.05, 0) is 24.7 Å². The minimum atomic E-state index is -0.743. The van der Waals surface area contributed by atoms with Crippen molar-refractivity contribution in [1.82, 2.24) is 5.32 Å². The first-order valence-electron chi connectivity index (χ1n) is 5.80. The monoisotopic (exact) mass is 227 g/mol. The molecule has 2 unspecified atom stereocenters. The van der Waals surface area contributed by atoms with E-state index in [9.17, 15) is 9.59 Å². The van der Waals surface area contributed by atoms with Crippen LogP contribution >= 0.6 is 0 Å². The lowest BCUT2D eigenvalue weighted by Crippen LogP contribution is -2.35. The van der Waals surface area contributed by atoms with Gasteiger partial charge >= 0.3 is 5.97 Å². The van der Waals surface area contributed by atoms with E-state index < -0.39 is 5.97 Å². The van der Waals surface area contributed by atoms with Gasteiger partial charge in [0.05, 0.1) is 5.92 Å². The van der Waals surface area contributed by atoms with Crippen LogP contribution in [0, 0.1) is 11.3 Å². The van der Waals surface area contributed by atoms with E-state index in [2.05, 4.69) is 5.32 Å². The Hall–Kier alpha value is -1.06. The molecule has 0 bridgehead atoms. The highest BCUT2D eigenvalue weighted by molar-refractivity contribution is 5.77. The molecule has 0 saturated heterocycles. The minimum absolute atomic E-state index is 0.0190. The zero-order valence-electron chi connectivity index (χ0n) is 10.2. The van der Waals surface area contributed by atoms with Gasteiger partial charge in [-0.25, -0.2) is 0 Å². The number of amides is 1. The van der Waals surface area contributed by atoms with Crippen LogP contribution in [0.25, 0.3) is 0 Å². The predicted octanol–water partition coefficient (Wildman–Crippen LogP) is 1.79. The van der Waals surface area contributed by atoms with Crippen LogP contribution in [0.1, 0.15) is 46.5 Å². The molecule has 1 aliphatic carbocycles. The number of carbonyl (C=O) groups excluding carboxylic acids is 1. The molecule has 0 aromatic heterocycles. The standard InChI is InChI=1S/C12H21NO3/c1-12(2,3)7-10(14)13-9-5-4-8(6-9)11(15)16/h8-9H,4-7H2,1-3H3,(H,13,14)(H,15,16). The van der Waals surface area contributed by atoms with Crippen molar-refractivity contribution in [3.8, 4) is 0 Å². The molecule has 0 radical (unpaired) electrons. The Morgan fingerprint density at radius 1 is 1.31 bits per heavy atom. The molecule has 1 fully saturated rings. The normalized spacial score (nSPS) is 25.4. The van der Waals surface area contributed by atoms with Crippen LogP contribution < -0.4 is 5.32 Å². The van der Waals surface area contributed by atoms with Crippen molar-refractivity contribution in [2.45, 2.75) is 52.5 Å². The van der Waals surface area contributed by atoms with Crippen molar-refractivity contribution in [2.75, 3.05) is 0 Å². The third-order valence-electron chi connectivity index (χ3n) is 2.84. The average molecular weight is 227 g/mol. The Bertz CT molecular complexity index is 280. The van der Waals surface area contributed by atoms with Crippen molar-refractivity contribution >= 4 is 11.9 Å². The summed E-state index contributed by atoms with van der Waals surface area (Å²) in [5.41, 5.74) is -0.0190. The van der Waals surface area contributed by atoms with E-state index >= 15 is 0 Å². The summed E-state index contributed by atoms with van der Waals surface area (Å²) in [5.74, 6) is -0.990. The van der Waals surface area contributed by atoms with E-state index in [4.69, 9.17) is 5.11 Å². The zero-order valence-corrected chi connectivity index (χ0v) is 10.2. The summed E-state index contributed by atoms with van der Waals surface area (Å²) in [5, 5.41) is 11.8. The molecule has 0 heterocycles. The second-order valence-corrected chi connectivity index (χ2v) is 5.85. The first-order chi connectivity index (χ1) is 7.28. The number of nitrogens with one attached hydrogen (secondary N) is 1. The molecule has 0 aromatic carbocycles. The molecule has 1 aliphatic rings. The summed E-state index contributed by atoms with van der Waals surface area (Å²) in [6, 6.07) is 0.0518. The van der Waals surface area contributed by atoms with Gasteiger partial charge in [-0.15, -0.1) is 0 Å². The maximum absolute atomic E-state index is 11.6. The summed E-state index contributed by atoms with van der Waals surface area (Å²) >= 11 is 0.